The van der Waals surface area contributed by atoms with Crippen LogP contribution in [0.25, 0.3) is 10.9 Å². The van der Waals surface area contributed by atoms with Crippen LogP contribution in [0, 0.1) is 0 Å². The van der Waals surface area contributed by atoms with Crippen LogP contribution >= 0.6 is 0 Å². The van der Waals surface area contributed by atoms with E-state index in [2.05, 4.69) is 16.4 Å². The lowest BCUT2D eigenvalue weighted by atomic mass is 10.1. The highest BCUT2D eigenvalue weighted by Crippen LogP contribution is 2.20. The van der Waals surface area contributed by atoms with Gasteiger partial charge in [0, 0.05) is 30.6 Å². The van der Waals surface area contributed by atoms with E-state index >= 15 is 0 Å². The van der Waals surface area contributed by atoms with Crippen molar-refractivity contribution >= 4 is 22.7 Å². The van der Waals surface area contributed by atoms with Crippen molar-refractivity contribution < 1.29 is 9.59 Å². The Hall–Kier alpha value is -3.08. The number of fused-ring (bicyclic) bond motifs is 1. The summed E-state index contributed by atoms with van der Waals surface area (Å²) in [6.07, 6.45) is 2.72. The van der Waals surface area contributed by atoms with Crippen LogP contribution in [-0.2, 0) is 16.0 Å². The summed E-state index contributed by atoms with van der Waals surface area (Å²) >= 11 is 0. The highest BCUT2D eigenvalue weighted by molar-refractivity contribution is 5.85. The topological polar surface area (TPSA) is 65.2 Å². The SMILES string of the molecule is CC(=O)N(CC(=O)NCCc1c[nH]c2ccccc12)C(C)c1ccccc1. The Morgan fingerprint density at radius 1 is 1.07 bits per heavy atom. The molecule has 0 aliphatic carbocycles. The van der Waals surface area contributed by atoms with Crippen molar-refractivity contribution in [3.8, 4) is 0 Å². The second-order valence-electron chi connectivity index (χ2n) is 6.69. The minimum absolute atomic E-state index is 0.0548. The Balaban J connectivity index is 1.56. The maximum Gasteiger partial charge on any atom is 0.239 e. The number of rotatable bonds is 7. The quantitative estimate of drug-likeness (QED) is 0.675. The van der Waals surface area contributed by atoms with Gasteiger partial charge in [-0.3, -0.25) is 9.59 Å². The van der Waals surface area contributed by atoms with Crippen LogP contribution in [0.5, 0.6) is 0 Å². The molecule has 0 saturated carbocycles. The van der Waals surface area contributed by atoms with Gasteiger partial charge in [0.15, 0.2) is 0 Å². The molecule has 0 saturated heterocycles. The maximum atomic E-state index is 12.4. The highest BCUT2D eigenvalue weighted by atomic mass is 16.2. The van der Waals surface area contributed by atoms with Crippen LogP contribution in [0.3, 0.4) is 0 Å². The molecule has 1 heterocycles. The third kappa shape index (κ3) is 4.56. The molecule has 2 amide bonds. The molecule has 1 unspecified atom stereocenters. The first-order valence-corrected chi connectivity index (χ1v) is 9.20. The predicted molar refractivity (Wildman–Crippen MR) is 107 cm³/mol. The number of aromatic nitrogens is 1. The smallest absolute Gasteiger partial charge is 0.239 e. The molecule has 0 fully saturated rings. The second kappa shape index (κ2) is 8.54. The zero-order chi connectivity index (χ0) is 19.2. The number of hydrogen-bond acceptors (Lipinski definition) is 2. The second-order valence-corrected chi connectivity index (χ2v) is 6.69. The Labute approximate surface area is 159 Å². The van der Waals surface area contributed by atoms with E-state index in [0.29, 0.717) is 6.54 Å². The first-order valence-electron chi connectivity index (χ1n) is 9.20. The van der Waals surface area contributed by atoms with Crippen LogP contribution in [0.4, 0.5) is 0 Å². The molecule has 5 nitrogen and oxygen atoms in total. The molecular formula is C22H25N3O2. The Bertz CT molecular complexity index is 917. The number of hydrogen-bond donors (Lipinski definition) is 2. The zero-order valence-corrected chi connectivity index (χ0v) is 15.7. The van der Waals surface area contributed by atoms with Crippen molar-refractivity contribution in [1.29, 1.82) is 0 Å². The summed E-state index contributed by atoms with van der Waals surface area (Å²) in [4.78, 5) is 29.3. The number of para-hydroxylation sites is 1. The zero-order valence-electron chi connectivity index (χ0n) is 15.7. The Morgan fingerprint density at radius 2 is 1.78 bits per heavy atom. The monoisotopic (exact) mass is 363 g/mol. The molecule has 140 valence electrons. The lowest BCUT2D eigenvalue weighted by molar-refractivity contribution is -0.136. The van der Waals surface area contributed by atoms with E-state index in [9.17, 15) is 9.59 Å². The summed E-state index contributed by atoms with van der Waals surface area (Å²) in [5.74, 6) is -0.258. The highest BCUT2D eigenvalue weighted by Gasteiger charge is 2.21. The third-order valence-corrected chi connectivity index (χ3v) is 4.86. The van der Waals surface area contributed by atoms with Crippen molar-refractivity contribution in [2.75, 3.05) is 13.1 Å². The first-order chi connectivity index (χ1) is 13.1. The van der Waals surface area contributed by atoms with Crippen LogP contribution in [0.1, 0.15) is 31.0 Å². The summed E-state index contributed by atoms with van der Waals surface area (Å²) in [7, 11) is 0. The van der Waals surface area contributed by atoms with Gasteiger partial charge in [-0.15, -0.1) is 0 Å². The summed E-state index contributed by atoms with van der Waals surface area (Å²) in [5, 5.41) is 4.11. The van der Waals surface area contributed by atoms with Crippen LogP contribution in [0.15, 0.2) is 60.8 Å². The molecule has 0 spiro atoms. The predicted octanol–water partition coefficient (Wildman–Crippen LogP) is 3.44. The summed E-state index contributed by atoms with van der Waals surface area (Å²) in [5.41, 5.74) is 3.28. The van der Waals surface area contributed by atoms with Crippen LogP contribution in [0.2, 0.25) is 0 Å². The maximum absolute atomic E-state index is 12.4. The van der Waals surface area contributed by atoms with Crippen molar-refractivity contribution in [3.05, 3.63) is 71.9 Å². The fraction of sp³-hybridized carbons (Fsp3) is 0.273. The number of H-pyrrole nitrogens is 1. The van der Waals surface area contributed by atoms with E-state index in [1.165, 1.54) is 17.9 Å². The molecule has 2 aromatic carbocycles. The van der Waals surface area contributed by atoms with Gasteiger partial charge in [0.2, 0.25) is 11.8 Å². The summed E-state index contributed by atoms with van der Waals surface area (Å²) < 4.78 is 0. The summed E-state index contributed by atoms with van der Waals surface area (Å²) in [6.45, 7) is 4.03. The average Bonchev–Trinajstić information content (AvgIpc) is 3.09. The van der Waals surface area contributed by atoms with E-state index in [4.69, 9.17) is 0 Å². The largest absolute Gasteiger partial charge is 0.361 e. The molecule has 1 aromatic heterocycles. The minimum atomic E-state index is -0.150. The van der Waals surface area contributed by atoms with Gasteiger partial charge in [0.25, 0.3) is 0 Å². The molecule has 0 radical (unpaired) electrons. The van der Waals surface area contributed by atoms with Gasteiger partial charge in [0.05, 0.1) is 6.04 Å². The number of carbonyl (C=O) groups excluding carboxylic acids is 2. The van der Waals surface area contributed by atoms with Gasteiger partial charge in [-0.1, -0.05) is 48.5 Å². The standard InChI is InChI=1S/C22H25N3O2/c1-16(18-8-4-3-5-9-18)25(17(2)26)15-22(27)23-13-12-19-14-24-21-11-7-6-10-20(19)21/h3-11,14,16,24H,12-13,15H2,1-2H3,(H,23,27). The first kappa shape index (κ1) is 18.7. The van der Waals surface area contributed by atoms with E-state index < -0.39 is 0 Å². The molecule has 1 atom stereocenters. The molecule has 0 aliphatic rings. The van der Waals surface area contributed by atoms with E-state index in [0.717, 1.165) is 17.5 Å². The van der Waals surface area contributed by atoms with Gasteiger partial charge < -0.3 is 15.2 Å². The molecule has 3 rings (SSSR count). The van der Waals surface area contributed by atoms with Gasteiger partial charge in [-0.25, -0.2) is 0 Å². The number of nitrogens with zero attached hydrogens (tertiary/aromatic N) is 1. The third-order valence-electron chi connectivity index (χ3n) is 4.86. The lowest BCUT2D eigenvalue weighted by Gasteiger charge is -2.28. The number of nitrogens with one attached hydrogen (secondary N) is 2. The molecule has 27 heavy (non-hydrogen) atoms. The van der Waals surface area contributed by atoms with Gasteiger partial charge in [0.1, 0.15) is 6.54 Å². The van der Waals surface area contributed by atoms with Gasteiger partial charge in [-0.05, 0) is 30.5 Å². The van der Waals surface area contributed by atoms with Gasteiger partial charge in [-0.2, -0.15) is 0 Å². The fourth-order valence-electron chi connectivity index (χ4n) is 3.32. The van der Waals surface area contributed by atoms with E-state index in [1.807, 2.05) is 61.7 Å². The van der Waals surface area contributed by atoms with Crippen molar-refractivity contribution in [3.63, 3.8) is 0 Å². The molecule has 5 heteroatoms. The van der Waals surface area contributed by atoms with E-state index in [1.54, 1.807) is 4.90 Å². The number of benzene rings is 2. The Kier molecular flexibility index (Phi) is 5.91. The van der Waals surface area contributed by atoms with Crippen molar-refractivity contribution in [2.24, 2.45) is 0 Å². The Morgan fingerprint density at radius 3 is 2.52 bits per heavy atom. The number of aromatic amines is 1. The minimum Gasteiger partial charge on any atom is -0.361 e. The molecular weight excluding hydrogens is 338 g/mol. The number of carbonyl (C=O) groups is 2. The normalized spacial score (nSPS) is 11.9. The summed E-state index contributed by atoms with van der Waals surface area (Å²) in [6, 6.07) is 17.7. The van der Waals surface area contributed by atoms with Crippen molar-refractivity contribution in [2.45, 2.75) is 26.3 Å². The van der Waals surface area contributed by atoms with Gasteiger partial charge >= 0.3 is 0 Å². The number of amides is 2. The fourth-order valence-corrected chi connectivity index (χ4v) is 3.32. The molecule has 2 N–H and O–H groups in total. The van der Waals surface area contributed by atoms with Crippen LogP contribution < -0.4 is 5.32 Å². The molecule has 3 aromatic rings. The van der Waals surface area contributed by atoms with E-state index in [-0.39, 0.29) is 24.4 Å². The molecule has 0 bridgehead atoms. The van der Waals surface area contributed by atoms with Crippen LogP contribution in [-0.4, -0.2) is 34.8 Å². The lowest BCUT2D eigenvalue weighted by Crippen LogP contribution is -2.41. The van der Waals surface area contributed by atoms with Crippen molar-refractivity contribution in [1.82, 2.24) is 15.2 Å². The average molecular weight is 363 g/mol. The molecule has 0 aliphatic heterocycles.